The number of hydrogen-bond donors (Lipinski definition) is 1. The topological polar surface area (TPSA) is 52.3 Å². The molecule has 1 aromatic carbocycles. The van der Waals surface area contributed by atoms with Crippen LogP contribution >= 0.6 is 0 Å². The maximum absolute atomic E-state index is 12.7. The summed E-state index contributed by atoms with van der Waals surface area (Å²) in [5.41, 5.74) is 3.46. The van der Waals surface area contributed by atoms with E-state index in [2.05, 4.69) is 4.74 Å². The molecule has 0 aromatic heterocycles. The predicted molar refractivity (Wildman–Crippen MR) is 52.4 cm³/mol. The van der Waals surface area contributed by atoms with Crippen molar-refractivity contribution in [1.29, 1.82) is 0 Å². The van der Waals surface area contributed by atoms with Crippen LogP contribution in [0.5, 0.6) is 5.75 Å². The maximum Gasteiger partial charge on any atom is 0.421 e. The van der Waals surface area contributed by atoms with Gasteiger partial charge in [-0.1, -0.05) is 0 Å². The average molecular weight is 233 g/mol. The molecule has 0 saturated carbocycles. The van der Waals surface area contributed by atoms with Crippen LogP contribution in [0.25, 0.3) is 0 Å². The van der Waals surface area contributed by atoms with E-state index in [1.807, 2.05) is 0 Å². The first-order valence-electron chi connectivity index (χ1n) is 4.33. The number of Topliss-reactive ketones (excluding diaryl/α,β-unsaturated/α-hetero) is 1. The van der Waals surface area contributed by atoms with Crippen LogP contribution in [-0.2, 0) is 6.18 Å². The van der Waals surface area contributed by atoms with Crippen molar-refractivity contribution in [2.24, 2.45) is 0 Å². The number of ether oxygens (including phenoxy) is 1. The number of benzene rings is 1. The van der Waals surface area contributed by atoms with E-state index in [0.29, 0.717) is 0 Å². The fourth-order valence-corrected chi connectivity index (χ4v) is 1.37. The van der Waals surface area contributed by atoms with Crippen LogP contribution in [0.3, 0.4) is 0 Å². The highest BCUT2D eigenvalue weighted by molar-refractivity contribution is 6.00. The van der Waals surface area contributed by atoms with Crippen molar-refractivity contribution in [1.82, 2.24) is 0 Å². The molecule has 1 aromatic rings. The molecule has 3 nitrogen and oxygen atoms in total. The zero-order chi connectivity index (χ0) is 12.5. The van der Waals surface area contributed by atoms with Gasteiger partial charge in [-0.2, -0.15) is 13.2 Å². The van der Waals surface area contributed by atoms with E-state index < -0.39 is 29.0 Å². The molecule has 0 atom stereocenters. The Balaban J connectivity index is 3.53. The SMILES string of the molecule is COc1ccc(C(C)=O)c(N)c1C(F)(F)F. The van der Waals surface area contributed by atoms with Crippen molar-refractivity contribution in [3.63, 3.8) is 0 Å². The van der Waals surface area contributed by atoms with Crippen LogP contribution in [0.15, 0.2) is 12.1 Å². The van der Waals surface area contributed by atoms with Gasteiger partial charge in [0.2, 0.25) is 0 Å². The summed E-state index contributed by atoms with van der Waals surface area (Å²) in [6, 6.07) is 2.29. The summed E-state index contributed by atoms with van der Waals surface area (Å²) in [7, 11) is 1.11. The molecular weight excluding hydrogens is 223 g/mol. The Kier molecular flexibility index (Phi) is 3.11. The second-order valence-electron chi connectivity index (χ2n) is 3.16. The van der Waals surface area contributed by atoms with Gasteiger partial charge in [-0.3, -0.25) is 4.79 Å². The number of halogens is 3. The van der Waals surface area contributed by atoms with Crippen LogP contribution in [0.1, 0.15) is 22.8 Å². The predicted octanol–water partition coefficient (Wildman–Crippen LogP) is 2.50. The van der Waals surface area contributed by atoms with Gasteiger partial charge in [-0.15, -0.1) is 0 Å². The van der Waals surface area contributed by atoms with Crippen molar-refractivity contribution in [2.75, 3.05) is 12.8 Å². The molecular formula is C10H10F3NO2. The second-order valence-corrected chi connectivity index (χ2v) is 3.16. The fraction of sp³-hybridized carbons (Fsp3) is 0.300. The third-order valence-electron chi connectivity index (χ3n) is 2.09. The number of carbonyl (C=O) groups excluding carboxylic acids is 1. The molecule has 0 amide bonds. The van der Waals surface area contributed by atoms with Gasteiger partial charge in [0.15, 0.2) is 5.78 Å². The minimum Gasteiger partial charge on any atom is -0.496 e. The molecule has 0 heterocycles. The van der Waals surface area contributed by atoms with Gasteiger partial charge in [0, 0.05) is 5.56 Å². The fourth-order valence-electron chi connectivity index (χ4n) is 1.37. The normalized spacial score (nSPS) is 11.3. The summed E-state index contributed by atoms with van der Waals surface area (Å²) in [6.07, 6.45) is -4.65. The summed E-state index contributed by atoms with van der Waals surface area (Å²) in [4.78, 5) is 11.1. The van der Waals surface area contributed by atoms with E-state index in [0.717, 1.165) is 20.1 Å². The third kappa shape index (κ3) is 2.10. The minimum atomic E-state index is -4.65. The highest BCUT2D eigenvalue weighted by Gasteiger charge is 2.38. The number of nitrogens with two attached hydrogens (primary N) is 1. The average Bonchev–Trinajstić information content (AvgIpc) is 2.14. The van der Waals surface area contributed by atoms with Crippen LogP contribution in [0, 0.1) is 0 Å². The Hall–Kier alpha value is -1.72. The summed E-state index contributed by atoms with van der Waals surface area (Å²) in [5, 5.41) is 0. The highest BCUT2D eigenvalue weighted by Crippen LogP contribution is 2.41. The second kappa shape index (κ2) is 4.03. The molecule has 0 radical (unpaired) electrons. The van der Waals surface area contributed by atoms with Crippen molar-refractivity contribution >= 4 is 11.5 Å². The van der Waals surface area contributed by atoms with Gasteiger partial charge in [-0.05, 0) is 19.1 Å². The molecule has 0 bridgehead atoms. The van der Waals surface area contributed by atoms with E-state index in [-0.39, 0.29) is 5.56 Å². The number of rotatable bonds is 2. The lowest BCUT2D eigenvalue weighted by Gasteiger charge is -2.16. The Morgan fingerprint density at radius 3 is 2.31 bits per heavy atom. The van der Waals surface area contributed by atoms with E-state index in [9.17, 15) is 18.0 Å². The molecule has 0 aliphatic heterocycles. The van der Waals surface area contributed by atoms with E-state index >= 15 is 0 Å². The van der Waals surface area contributed by atoms with Crippen LogP contribution in [0.2, 0.25) is 0 Å². The monoisotopic (exact) mass is 233 g/mol. The molecule has 0 saturated heterocycles. The first kappa shape index (κ1) is 12.4. The third-order valence-corrected chi connectivity index (χ3v) is 2.09. The number of hydrogen-bond acceptors (Lipinski definition) is 3. The van der Waals surface area contributed by atoms with E-state index in [1.54, 1.807) is 0 Å². The summed E-state index contributed by atoms with van der Waals surface area (Å²) >= 11 is 0. The lowest BCUT2D eigenvalue weighted by Crippen LogP contribution is -2.14. The first-order valence-corrected chi connectivity index (χ1v) is 4.33. The lowest BCUT2D eigenvalue weighted by molar-refractivity contribution is -0.138. The number of ketones is 1. The van der Waals surface area contributed by atoms with Gasteiger partial charge in [-0.25, -0.2) is 0 Å². The van der Waals surface area contributed by atoms with Gasteiger partial charge < -0.3 is 10.5 Å². The molecule has 0 unspecified atom stereocenters. The summed E-state index contributed by atoms with van der Waals surface area (Å²) in [5.74, 6) is -0.916. The first-order chi connectivity index (χ1) is 7.29. The molecule has 16 heavy (non-hydrogen) atoms. The van der Waals surface area contributed by atoms with E-state index in [1.165, 1.54) is 6.07 Å². The maximum atomic E-state index is 12.7. The lowest BCUT2D eigenvalue weighted by atomic mass is 10.0. The standard InChI is InChI=1S/C10H10F3NO2/c1-5(15)6-3-4-7(16-2)8(9(6)14)10(11,12)13/h3-4H,14H2,1-2H3. The summed E-state index contributed by atoms with van der Waals surface area (Å²) < 4.78 is 42.6. The van der Waals surface area contributed by atoms with Gasteiger partial charge in [0.05, 0.1) is 12.8 Å². The molecule has 6 heteroatoms. The molecule has 88 valence electrons. The van der Waals surface area contributed by atoms with E-state index in [4.69, 9.17) is 5.73 Å². The number of anilines is 1. The molecule has 0 spiro atoms. The Bertz CT molecular complexity index is 427. The molecule has 0 aliphatic carbocycles. The molecule has 0 fully saturated rings. The number of alkyl halides is 3. The van der Waals surface area contributed by atoms with Crippen molar-refractivity contribution in [2.45, 2.75) is 13.1 Å². The molecule has 0 aliphatic rings. The number of nitrogen functional groups attached to an aromatic ring is 1. The smallest absolute Gasteiger partial charge is 0.421 e. The highest BCUT2D eigenvalue weighted by atomic mass is 19.4. The van der Waals surface area contributed by atoms with Gasteiger partial charge in [0.1, 0.15) is 11.3 Å². The zero-order valence-electron chi connectivity index (χ0n) is 8.68. The van der Waals surface area contributed by atoms with Crippen molar-refractivity contribution < 1.29 is 22.7 Å². The largest absolute Gasteiger partial charge is 0.496 e. The Labute approximate surface area is 90.0 Å². The molecule has 1 rings (SSSR count). The number of carbonyl (C=O) groups is 1. The van der Waals surface area contributed by atoms with Gasteiger partial charge in [0.25, 0.3) is 0 Å². The zero-order valence-corrected chi connectivity index (χ0v) is 8.68. The van der Waals surface area contributed by atoms with Gasteiger partial charge >= 0.3 is 6.18 Å². The quantitative estimate of drug-likeness (QED) is 0.630. The molecule has 2 N–H and O–H groups in total. The van der Waals surface area contributed by atoms with Crippen molar-refractivity contribution in [3.05, 3.63) is 23.3 Å². The minimum absolute atomic E-state index is 0.159. The number of methoxy groups -OCH3 is 1. The Morgan fingerprint density at radius 1 is 1.38 bits per heavy atom. The van der Waals surface area contributed by atoms with Crippen molar-refractivity contribution in [3.8, 4) is 5.75 Å². The Morgan fingerprint density at radius 2 is 1.94 bits per heavy atom. The van der Waals surface area contributed by atoms with Crippen LogP contribution < -0.4 is 10.5 Å². The summed E-state index contributed by atoms with van der Waals surface area (Å²) in [6.45, 7) is 1.15. The van der Waals surface area contributed by atoms with Crippen LogP contribution in [-0.4, -0.2) is 12.9 Å². The van der Waals surface area contributed by atoms with Crippen LogP contribution in [0.4, 0.5) is 18.9 Å².